The van der Waals surface area contributed by atoms with E-state index in [4.69, 9.17) is 5.11 Å². The molecular weight excluding hydrogens is 194 g/mol. The van der Waals surface area contributed by atoms with E-state index in [0.29, 0.717) is 13.1 Å². The van der Waals surface area contributed by atoms with Crippen LogP contribution in [0, 0.1) is 5.41 Å². The van der Waals surface area contributed by atoms with Gasteiger partial charge in [0.25, 0.3) is 0 Å². The largest absolute Gasteiger partial charge is 0.396 e. The highest BCUT2D eigenvalue weighted by Crippen LogP contribution is 2.10. The first-order valence-electron chi connectivity index (χ1n) is 5.16. The van der Waals surface area contributed by atoms with Crippen LogP contribution in [0.4, 0.5) is 4.79 Å². The summed E-state index contributed by atoms with van der Waals surface area (Å²) in [5.41, 5.74) is -0.106. The van der Waals surface area contributed by atoms with E-state index < -0.39 is 0 Å². The van der Waals surface area contributed by atoms with Gasteiger partial charge in [-0.2, -0.15) is 0 Å². The monoisotopic (exact) mass is 217 g/mol. The highest BCUT2D eigenvalue weighted by atomic mass is 16.3. The number of urea groups is 1. The maximum absolute atomic E-state index is 11.1. The van der Waals surface area contributed by atoms with E-state index in [0.717, 1.165) is 6.54 Å². The molecule has 0 radical (unpaired) electrons. The third-order valence-electron chi connectivity index (χ3n) is 2.02. The molecule has 0 aromatic carbocycles. The molecule has 0 saturated heterocycles. The molecule has 2 amide bonds. The quantitative estimate of drug-likeness (QED) is 0.543. The van der Waals surface area contributed by atoms with Crippen molar-refractivity contribution >= 4 is 6.03 Å². The van der Waals surface area contributed by atoms with Gasteiger partial charge in [0.2, 0.25) is 0 Å². The summed E-state index contributed by atoms with van der Waals surface area (Å²) in [7, 11) is 3.41. The average Bonchev–Trinajstić information content (AvgIpc) is 2.16. The van der Waals surface area contributed by atoms with Gasteiger partial charge < -0.3 is 20.6 Å². The molecule has 0 spiro atoms. The lowest BCUT2D eigenvalue weighted by Gasteiger charge is -2.22. The normalized spacial score (nSPS) is 11.3. The minimum absolute atomic E-state index is 0.0850. The van der Waals surface area contributed by atoms with Crippen molar-refractivity contribution in [1.29, 1.82) is 0 Å². The van der Waals surface area contributed by atoms with Gasteiger partial charge >= 0.3 is 6.03 Å². The van der Waals surface area contributed by atoms with Crippen LogP contribution in [0.2, 0.25) is 0 Å². The van der Waals surface area contributed by atoms with Crippen molar-refractivity contribution in [3.05, 3.63) is 0 Å². The van der Waals surface area contributed by atoms with E-state index in [-0.39, 0.29) is 18.1 Å². The second-order valence-electron chi connectivity index (χ2n) is 4.63. The predicted octanol–water partition coefficient (Wildman–Crippen LogP) is -0.134. The van der Waals surface area contributed by atoms with Gasteiger partial charge in [-0.05, 0) is 0 Å². The van der Waals surface area contributed by atoms with Crippen LogP contribution in [0.5, 0.6) is 0 Å². The van der Waals surface area contributed by atoms with Crippen LogP contribution in [-0.2, 0) is 0 Å². The Balaban J connectivity index is 3.44. The number of nitrogens with zero attached hydrogens (tertiary/aromatic N) is 1. The number of nitrogens with one attached hydrogen (secondary N) is 2. The molecule has 0 unspecified atom stereocenters. The van der Waals surface area contributed by atoms with Gasteiger partial charge in [0.1, 0.15) is 0 Å². The summed E-state index contributed by atoms with van der Waals surface area (Å²) in [6.45, 7) is 6.17. The number of hydrogen-bond acceptors (Lipinski definition) is 3. The van der Waals surface area contributed by atoms with Crippen molar-refractivity contribution in [2.45, 2.75) is 13.8 Å². The molecule has 0 aliphatic carbocycles. The molecule has 0 aromatic rings. The van der Waals surface area contributed by atoms with Crippen molar-refractivity contribution < 1.29 is 9.90 Å². The molecule has 90 valence electrons. The first-order valence-corrected chi connectivity index (χ1v) is 5.16. The Morgan fingerprint density at radius 3 is 2.40 bits per heavy atom. The summed E-state index contributed by atoms with van der Waals surface area (Å²) in [6, 6.07) is -0.0850. The first kappa shape index (κ1) is 14.2. The summed E-state index contributed by atoms with van der Waals surface area (Å²) in [6.07, 6.45) is 0. The lowest BCUT2D eigenvalue weighted by Crippen LogP contribution is -2.40. The van der Waals surface area contributed by atoms with Crippen molar-refractivity contribution in [2.75, 3.05) is 40.3 Å². The topological polar surface area (TPSA) is 64.6 Å². The summed E-state index contributed by atoms with van der Waals surface area (Å²) in [4.78, 5) is 12.6. The number of carbonyl (C=O) groups excluding carboxylic acids is 1. The molecule has 15 heavy (non-hydrogen) atoms. The fourth-order valence-electron chi connectivity index (χ4n) is 0.899. The van der Waals surface area contributed by atoms with Crippen LogP contribution in [0.25, 0.3) is 0 Å². The Kier molecular flexibility index (Phi) is 6.27. The van der Waals surface area contributed by atoms with Gasteiger partial charge in [0.05, 0.1) is 0 Å². The molecule has 0 aromatic heterocycles. The molecule has 0 bridgehead atoms. The molecule has 5 heteroatoms. The Labute approximate surface area is 91.8 Å². The minimum atomic E-state index is -0.106. The van der Waals surface area contributed by atoms with E-state index >= 15 is 0 Å². The molecule has 0 fully saturated rings. The van der Waals surface area contributed by atoms with Gasteiger partial charge in [0, 0.05) is 45.8 Å². The Hall–Kier alpha value is -0.810. The highest BCUT2D eigenvalue weighted by molar-refractivity contribution is 5.73. The average molecular weight is 217 g/mol. The van der Waals surface area contributed by atoms with Crippen molar-refractivity contribution in [2.24, 2.45) is 5.41 Å². The fraction of sp³-hybridized carbons (Fsp3) is 0.900. The van der Waals surface area contributed by atoms with Gasteiger partial charge in [-0.1, -0.05) is 13.8 Å². The molecule has 0 atom stereocenters. The number of carbonyl (C=O) groups is 1. The third-order valence-corrected chi connectivity index (χ3v) is 2.02. The molecule has 0 saturated carbocycles. The SMILES string of the molecule is CN(C)C(=O)NCCNCC(C)(C)CO. The Morgan fingerprint density at radius 2 is 1.93 bits per heavy atom. The van der Waals surface area contributed by atoms with Crippen molar-refractivity contribution in [3.8, 4) is 0 Å². The second-order valence-corrected chi connectivity index (χ2v) is 4.63. The van der Waals surface area contributed by atoms with E-state index in [2.05, 4.69) is 10.6 Å². The molecule has 0 heterocycles. The Bertz CT molecular complexity index is 193. The lowest BCUT2D eigenvalue weighted by molar-refractivity contribution is 0.157. The summed E-state index contributed by atoms with van der Waals surface area (Å²) in [5.74, 6) is 0. The van der Waals surface area contributed by atoms with Crippen LogP contribution < -0.4 is 10.6 Å². The van der Waals surface area contributed by atoms with Crippen LogP contribution in [-0.4, -0.2) is 56.4 Å². The maximum atomic E-state index is 11.1. The van der Waals surface area contributed by atoms with Gasteiger partial charge in [0.15, 0.2) is 0 Å². The van der Waals surface area contributed by atoms with E-state index in [1.54, 1.807) is 14.1 Å². The standard InChI is InChI=1S/C10H23N3O2/c1-10(2,8-14)7-11-5-6-12-9(15)13(3)4/h11,14H,5-8H2,1-4H3,(H,12,15). The zero-order valence-corrected chi connectivity index (χ0v) is 10.1. The smallest absolute Gasteiger partial charge is 0.316 e. The summed E-state index contributed by atoms with van der Waals surface area (Å²) in [5, 5.41) is 14.9. The zero-order valence-electron chi connectivity index (χ0n) is 10.1. The molecule has 3 N–H and O–H groups in total. The number of rotatable bonds is 6. The van der Waals surface area contributed by atoms with Crippen LogP contribution in [0.3, 0.4) is 0 Å². The van der Waals surface area contributed by atoms with Crippen LogP contribution in [0.1, 0.15) is 13.8 Å². The fourth-order valence-corrected chi connectivity index (χ4v) is 0.899. The molecular formula is C10H23N3O2. The number of amides is 2. The van der Waals surface area contributed by atoms with E-state index in [9.17, 15) is 4.79 Å². The van der Waals surface area contributed by atoms with Crippen LogP contribution in [0.15, 0.2) is 0 Å². The number of hydrogen-bond donors (Lipinski definition) is 3. The van der Waals surface area contributed by atoms with Crippen molar-refractivity contribution in [3.63, 3.8) is 0 Å². The maximum Gasteiger partial charge on any atom is 0.316 e. The minimum Gasteiger partial charge on any atom is -0.396 e. The third kappa shape index (κ3) is 7.16. The molecule has 0 aliphatic rings. The highest BCUT2D eigenvalue weighted by Gasteiger charge is 2.15. The van der Waals surface area contributed by atoms with Gasteiger partial charge in [-0.3, -0.25) is 0 Å². The van der Waals surface area contributed by atoms with Crippen LogP contribution >= 0.6 is 0 Å². The van der Waals surface area contributed by atoms with Gasteiger partial charge in [-0.25, -0.2) is 4.79 Å². The summed E-state index contributed by atoms with van der Waals surface area (Å²) >= 11 is 0. The first-order chi connectivity index (χ1) is 6.89. The van der Waals surface area contributed by atoms with E-state index in [1.165, 1.54) is 4.90 Å². The number of aliphatic hydroxyl groups is 1. The second kappa shape index (κ2) is 6.63. The predicted molar refractivity (Wildman–Crippen MR) is 60.8 cm³/mol. The van der Waals surface area contributed by atoms with Gasteiger partial charge in [-0.15, -0.1) is 0 Å². The Morgan fingerprint density at radius 1 is 1.33 bits per heavy atom. The molecule has 5 nitrogen and oxygen atoms in total. The summed E-state index contributed by atoms with van der Waals surface area (Å²) < 4.78 is 0. The van der Waals surface area contributed by atoms with E-state index in [1.807, 2.05) is 13.8 Å². The van der Waals surface area contributed by atoms with Crippen molar-refractivity contribution in [1.82, 2.24) is 15.5 Å². The lowest BCUT2D eigenvalue weighted by atomic mass is 9.95. The zero-order chi connectivity index (χ0) is 11.9. The number of aliphatic hydroxyl groups excluding tert-OH is 1. The molecule has 0 aliphatic heterocycles. The molecule has 0 rings (SSSR count).